The van der Waals surface area contributed by atoms with Crippen LogP contribution in [0.2, 0.25) is 0 Å². The second-order valence-corrected chi connectivity index (χ2v) is 6.53. The topological polar surface area (TPSA) is 21.3 Å². The van der Waals surface area contributed by atoms with Crippen molar-refractivity contribution in [2.45, 2.75) is 33.1 Å². The zero-order chi connectivity index (χ0) is 15.3. The van der Waals surface area contributed by atoms with E-state index in [9.17, 15) is 8.78 Å². The molecule has 118 valence electrons. The van der Waals surface area contributed by atoms with Crippen LogP contribution in [0.15, 0.2) is 18.2 Å². The molecule has 0 aliphatic carbocycles. The van der Waals surface area contributed by atoms with Gasteiger partial charge in [-0.25, -0.2) is 8.78 Å². The van der Waals surface area contributed by atoms with E-state index >= 15 is 0 Å². The van der Waals surface area contributed by atoms with Crippen LogP contribution in [0.3, 0.4) is 0 Å². The Labute approximate surface area is 125 Å². The van der Waals surface area contributed by atoms with Crippen LogP contribution in [0.1, 0.15) is 32.3 Å². The summed E-state index contributed by atoms with van der Waals surface area (Å²) in [5.74, 6) is -0.884. The number of nitrogens with one attached hydrogen (secondary N) is 1. The summed E-state index contributed by atoms with van der Waals surface area (Å²) in [7, 11) is 0. The Morgan fingerprint density at radius 3 is 2.62 bits per heavy atom. The van der Waals surface area contributed by atoms with Crippen molar-refractivity contribution in [3.63, 3.8) is 0 Å². The fourth-order valence-electron chi connectivity index (χ4n) is 2.94. The summed E-state index contributed by atoms with van der Waals surface area (Å²) in [5.41, 5.74) is 0.435. The summed E-state index contributed by atoms with van der Waals surface area (Å²) in [6, 6.07) is 4.45. The van der Waals surface area contributed by atoms with Gasteiger partial charge in [0.05, 0.1) is 0 Å². The zero-order valence-corrected chi connectivity index (χ0v) is 12.9. The Bertz CT molecular complexity index is 456. The van der Waals surface area contributed by atoms with Crippen molar-refractivity contribution >= 4 is 0 Å². The van der Waals surface area contributed by atoms with Crippen LogP contribution in [0.4, 0.5) is 8.78 Å². The van der Waals surface area contributed by atoms with Gasteiger partial charge in [0, 0.05) is 19.8 Å². The van der Waals surface area contributed by atoms with E-state index in [1.54, 1.807) is 12.1 Å². The molecule has 1 N–H and O–H groups in total. The van der Waals surface area contributed by atoms with Crippen molar-refractivity contribution in [2.75, 3.05) is 26.3 Å². The van der Waals surface area contributed by atoms with Gasteiger partial charge in [0.25, 0.3) is 0 Å². The predicted molar refractivity (Wildman–Crippen MR) is 80.3 cm³/mol. The Morgan fingerprint density at radius 2 is 1.95 bits per heavy atom. The molecule has 0 spiro atoms. The third-order valence-corrected chi connectivity index (χ3v) is 4.20. The summed E-state index contributed by atoms with van der Waals surface area (Å²) < 4.78 is 32.8. The quantitative estimate of drug-likeness (QED) is 0.867. The van der Waals surface area contributed by atoms with Crippen LogP contribution in [-0.4, -0.2) is 26.3 Å². The summed E-state index contributed by atoms with van der Waals surface area (Å²) in [5, 5.41) is 3.48. The van der Waals surface area contributed by atoms with Gasteiger partial charge < -0.3 is 10.1 Å². The monoisotopic (exact) mass is 297 g/mol. The summed E-state index contributed by atoms with van der Waals surface area (Å²) in [6.07, 6.45) is 2.33. The molecule has 0 amide bonds. The molecule has 1 aromatic carbocycles. The summed E-state index contributed by atoms with van der Waals surface area (Å²) in [4.78, 5) is 0. The van der Waals surface area contributed by atoms with E-state index in [0.29, 0.717) is 31.1 Å². The zero-order valence-electron chi connectivity index (χ0n) is 12.9. The highest BCUT2D eigenvalue weighted by molar-refractivity contribution is 5.21. The molecule has 2 nitrogen and oxygen atoms in total. The first-order valence-electron chi connectivity index (χ1n) is 7.74. The van der Waals surface area contributed by atoms with Crippen LogP contribution >= 0.6 is 0 Å². The minimum Gasteiger partial charge on any atom is -0.381 e. The molecular formula is C17H25F2NO. The van der Waals surface area contributed by atoms with E-state index in [1.165, 1.54) is 6.07 Å². The van der Waals surface area contributed by atoms with E-state index in [-0.39, 0.29) is 5.41 Å². The van der Waals surface area contributed by atoms with Crippen LogP contribution in [0.25, 0.3) is 0 Å². The first-order chi connectivity index (χ1) is 10.0. The number of rotatable bonds is 6. The van der Waals surface area contributed by atoms with E-state index in [4.69, 9.17) is 4.74 Å². The molecule has 0 radical (unpaired) electrons. The molecule has 0 saturated carbocycles. The summed E-state index contributed by atoms with van der Waals surface area (Å²) in [6.45, 7) is 7.48. The Morgan fingerprint density at radius 1 is 1.24 bits per heavy atom. The molecule has 0 bridgehead atoms. The molecule has 21 heavy (non-hydrogen) atoms. The Balaban J connectivity index is 2.10. The molecular weight excluding hydrogens is 272 g/mol. The molecule has 1 aliphatic heterocycles. The molecule has 1 aromatic rings. The first kappa shape index (κ1) is 16.4. The maximum atomic E-state index is 14.0. The minimum absolute atomic E-state index is 0.0399. The SMILES string of the molecule is CC(C)CNCC1(Cc2cccc(F)c2F)CCOCC1. The first-order valence-corrected chi connectivity index (χ1v) is 7.74. The number of ether oxygens (including phenoxy) is 1. The number of hydrogen-bond donors (Lipinski definition) is 1. The lowest BCUT2D eigenvalue weighted by atomic mass is 9.75. The van der Waals surface area contributed by atoms with Crippen molar-refractivity contribution in [1.82, 2.24) is 5.32 Å². The molecule has 0 unspecified atom stereocenters. The van der Waals surface area contributed by atoms with Crippen molar-refractivity contribution in [3.05, 3.63) is 35.4 Å². The molecule has 1 aliphatic rings. The van der Waals surface area contributed by atoms with Gasteiger partial charge in [0.15, 0.2) is 11.6 Å². The third kappa shape index (κ3) is 4.48. The van der Waals surface area contributed by atoms with E-state index in [2.05, 4.69) is 19.2 Å². The molecule has 1 heterocycles. The van der Waals surface area contributed by atoms with E-state index in [0.717, 1.165) is 25.9 Å². The van der Waals surface area contributed by atoms with Gasteiger partial charge in [-0.3, -0.25) is 0 Å². The van der Waals surface area contributed by atoms with Gasteiger partial charge in [-0.2, -0.15) is 0 Å². The Kier molecular flexibility index (Phi) is 5.71. The van der Waals surface area contributed by atoms with Gasteiger partial charge in [0.2, 0.25) is 0 Å². The smallest absolute Gasteiger partial charge is 0.162 e. The average molecular weight is 297 g/mol. The standard InChI is InChI=1S/C17H25F2NO/c1-13(2)11-20-12-17(6-8-21-9-7-17)10-14-4-3-5-15(18)16(14)19/h3-5,13,20H,6-12H2,1-2H3. The molecule has 1 saturated heterocycles. The van der Waals surface area contributed by atoms with Gasteiger partial charge in [-0.15, -0.1) is 0 Å². The van der Waals surface area contributed by atoms with Crippen molar-refractivity contribution in [2.24, 2.45) is 11.3 Å². The second kappa shape index (κ2) is 7.32. The van der Waals surface area contributed by atoms with Crippen LogP contribution in [0, 0.1) is 23.0 Å². The van der Waals surface area contributed by atoms with Crippen LogP contribution in [-0.2, 0) is 11.2 Å². The fourth-order valence-corrected chi connectivity index (χ4v) is 2.94. The number of halogens is 2. The lowest BCUT2D eigenvalue weighted by molar-refractivity contribution is 0.0143. The van der Waals surface area contributed by atoms with Crippen molar-refractivity contribution in [1.29, 1.82) is 0 Å². The van der Waals surface area contributed by atoms with Gasteiger partial charge in [-0.05, 0) is 48.8 Å². The lowest BCUT2D eigenvalue weighted by Gasteiger charge is -2.38. The third-order valence-electron chi connectivity index (χ3n) is 4.20. The van der Waals surface area contributed by atoms with Crippen LogP contribution in [0.5, 0.6) is 0 Å². The highest BCUT2D eigenvalue weighted by Crippen LogP contribution is 2.34. The normalized spacial score (nSPS) is 18.1. The van der Waals surface area contributed by atoms with Gasteiger partial charge >= 0.3 is 0 Å². The predicted octanol–water partition coefficient (Wildman–Crippen LogP) is 3.55. The van der Waals surface area contributed by atoms with Gasteiger partial charge in [-0.1, -0.05) is 26.0 Å². The van der Waals surface area contributed by atoms with Crippen molar-refractivity contribution < 1.29 is 13.5 Å². The maximum Gasteiger partial charge on any atom is 0.162 e. The lowest BCUT2D eigenvalue weighted by Crippen LogP contribution is -2.42. The molecule has 4 heteroatoms. The molecule has 0 aromatic heterocycles. The van der Waals surface area contributed by atoms with Gasteiger partial charge in [0.1, 0.15) is 0 Å². The number of benzene rings is 1. The van der Waals surface area contributed by atoms with E-state index < -0.39 is 11.6 Å². The number of hydrogen-bond acceptors (Lipinski definition) is 2. The highest BCUT2D eigenvalue weighted by Gasteiger charge is 2.33. The Hall–Kier alpha value is -1.00. The minimum atomic E-state index is -0.759. The van der Waals surface area contributed by atoms with Crippen LogP contribution < -0.4 is 5.32 Å². The molecule has 0 atom stereocenters. The highest BCUT2D eigenvalue weighted by atomic mass is 19.2. The fraction of sp³-hybridized carbons (Fsp3) is 0.647. The largest absolute Gasteiger partial charge is 0.381 e. The molecule has 1 fully saturated rings. The maximum absolute atomic E-state index is 14.0. The van der Waals surface area contributed by atoms with E-state index in [1.807, 2.05) is 0 Å². The summed E-state index contributed by atoms with van der Waals surface area (Å²) >= 11 is 0. The average Bonchev–Trinajstić information content (AvgIpc) is 2.44. The van der Waals surface area contributed by atoms with Crippen molar-refractivity contribution in [3.8, 4) is 0 Å². The molecule has 2 rings (SSSR count). The second-order valence-electron chi connectivity index (χ2n) is 6.53.